The van der Waals surface area contributed by atoms with Crippen molar-refractivity contribution in [1.29, 1.82) is 0 Å². The quantitative estimate of drug-likeness (QED) is 0.784. The first-order chi connectivity index (χ1) is 5.68. The number of nitrogens with zero attached hydrogens (tertiary/aromatic N) is 2. The topological polar surface area (TPSA) is 37.8 Å². The molecule has 0 unspecified atom stereocenters. The van der Waals surface area contributed by atoms with Crippen LogP contribution in [0.4, 0.5) is 10.3 Å². The fraction of sp³-hybridized carbons (Fsp3) is 0.143. The Balaban J connectivity index is 2.53. The fourth-order valence-electron chi connectivity index (χ4n) is 0.579. The number of nitrogens with one attached hydrogen (secondary N) is 1. The highest BCUT2D eigenvalue weighted by Gasteiger charge is 1.95. The number of hydrogen-bond acceptors (Lipinski definition) is 3. The summed E-state index contributed by atoms with van der Waals surface area (Å²) in [6.45, 7) is 3.83. The molecule has 0 bridgehead atoms. The van der Waals surface area contributed by atoms with Crippen LogP contribution in [0.5, 0.6) is 0 Å². The Kier molecular flexibility index (Phi) is 2.99. The molecule has 0 amide bonds. The maximum absolute atomic E-state index is 12.3. The van der Waals surface area contributed by atoms with Gasteiger partial charge >= 0.3 is 0 Å². The normalized spacial score (nSPS) is 9.50. The van der Waals surface area contributed by atoms with Crippen molar-refractivity contribution in [3.05, 3.63) is 29.8 Å². The van der Waals surface area contributed by atoms with Gasteiger partial charge in [-0.2, -0.15) is 0 Å². The largest absolute Gasteiger partial charge is 0.349 e. The molecule has 0 aliphatic carbocycles. The van der Waals surface area contributed by atoms with Crippen molar-refractivity contribution in [2.75, 3.05) is 11.9 Å². The average molecular weight is 188 g/mol. The fourth-order valence-corrected chi connectivity index (χ4v) is 0.645. The number of halogens is 2. The van der Waals surface area contributed by atoms with E-state index < -0.39 is 5.82 Å². The second kappa shape index (κ2) is 4.01. The molecule has 1 heterocycles. The smallest absolute Gasteiger partial charge is 0.223 e. The summed E-state index contributed by atoms with van der Waals surface area (Å²) in [5.41, 5.74) is 0. The van der Waals surface area contributed by atoms with Gasteiger partial charge < -0.3 is 5.32 Å². The van der Waals surface area contributed by atoms with E-state index >= 15 is 0 Å². The number of hydrogen-bond donors (Lipinski definition) is 1. The molecular weight excluding hydrogens is 181 g/mol. The SMILES string of the molecule is C=C(Cl)CNc1ncc(F)cn1. The summed E-state index contributed by atoms with van der Waals surface area (Å²) in [6, 6.07) is 0. The zero-order valence-corrected chi connectivity index (χ0v) is 6.98. The van der Waals surface area contributed by atoms with E-state index in [0.717, 1.165) is 12.4 Å². The minimum Gasteiger partial charge on any atom is -0.349 e. The van der Waals surface area contributed by atoms with Crippen LogP contribution in [0.1, 0.15) is 0 Å². The predicted molar refractivity (Wildman–Crippen MR) is 45.5 cm³/mol. The number of rotatable bonds is 3. The van der Waals surface area contributed by atoms with Gasteiger partial charge in [0.15, 0.2) is 5.82 Å². The lowest BCUT2D eigenvalue weighted by Gasteiger charge is -2.00. The highest BCUT2D eigenvalue weighted by Crippen LogP contribution is 2.01. The first-order valence-electron chi connectivity index (χ1n) is 3.23. The second-order valence-corrected chi connectivity index (χ2v) is 2.63. The van der Waals surface area contributed by atoms with Gasteiger partial charge in [-0.1, -0.05) is 18.2 Å². The summed E-state index contributed by atoms with van der Waals surface area (Å²) in [7, 11) is 0. The first-order valence-corrected chi connectivity index (χ1v) is 3.61. The van der Waals surface area contributed by atoms with Gasteiger partial charge in [0.25, 0.3) is 0 Å². The van der Waals surface area contributed by atoms with E-state index in [2.05, 4.69) is 21.9 Å². The first kappa shape index (κ1) is 8.93. The summed E-state index contributed by atoms with van der Waals surface area (Å²) < 4.78 is 12.3. The van der Waals surface area contributed by atoms with Crippen LogP contribution in [0.2, 0.25) is 0 Å². The highest BCUT2D eigenvalue weighted by molar-refractivity contribution is 6.29. The molecule has 0 aliphatic heterocycles. The number of aromatic nitrogens is 2. The van der Waals surface area contributed by atoms with Crippen LogP contribution in [0.25, 0.3) is 0 Å². The van der Waals surface area contributed by atoms with E-state index in [9.17, 15) is 4.39 Å². The summed E-state index contributed by atoms with van der Waals surface area (Å²) in [6.07, 6.45) is 2.15. The van der Waals surface area contributed by atoms with E-state index in [1.165, 1.54) is 0 Å². The molecule has 1 N–H and O–H groups in total. The van der Waals surface area contributed by atoms with Crippen LogP contribution in [0, 0.1) is 5.82 Å². The lowest BCUT2D eigenvalue weighted by molar-refractivity contribution is 0.614. The molecule has 0 spiro atoms. The predicted octanol–water partition coefficient (Wildman–Crippen LogP) is 1.78. The number of anilines is 1. The molecule has 1 aromatic heterocycles. The second-order valence-electron chi connectivity index (χ2n) is 2.10. The van der Waals surface area contributed by atoms with Crippen LogP contribution in [-0.2, 0) is 0 Å². The van der Waals surface area contributed by atoms with Gasteiger partial charge in [-0.3, -0.25) is 0 Å². The summed E-state index contributed by atoms with van der Waals surface area (Å²) >= 11 is 5.47. The summed E-state index contributed by atoms with van der Waals surface area (Å²) in [5, 5.41) is 3.20. The van der Waals surface area contributed by atoms with Crippen LogP contribution in [0.15, 0.2) is 24.0 Å². The van der Waals surface area contributed by atoms with Crippen molar-refractivity contribution in [2.45, 2.75) is 0 Å². The Morgan fingerprint density at radius 2 is 2.17 bits per heavy atom. The lowest BCUT2D eigenvalue weighted by Crippen LogP contribution is -2.04. The Hall–Kier alpha value is -1.16. The summed E-state index contributed by atoms with van der Waals surface area (Å²) in [5.74, 6) is -0.136. The van der Waals surface area contributed by atoms with Gasteiger partial charge in [-0.05, 0) is 0 Å². The van der Waals surface area contributed by atoms with E-state index in [0.29, 0.717) is 17.5 Å². The zero-order chi connectivity index (χ0) is 8.97. The summed E-state index contributed by atoms with van der Waals surface area (Å²) in [4.78, 5) is 7.31. The van der Waals surface area contributed by atoms with Crippen molar-refractivity contribution in [3.8, 4) is 0 Å². The maximum atomic E-state index is 12.3. The van der Waals surface area contributed by atoms with Gasteiger partial charge in [0.05, 0.1) is 18.9 Å². The minimum absolute atomic E-state index is 0.332. The lowest BCUT2D eigenvalue weighted by atomic mass is 10.6. The molecule has 0 aromatic carbocycles. The highest BCUT2D eigenvalue weighted by atomic mass is 35.5. The Labute approximate surface area is 74.3 Å². The van der Waals surface area contributed by atoms with Crippen LogP contribution in [0.3, 0.4) is 0 Å². The van der Waals surface area contributed by atoms with Crippen molar-refractivity contribution < 1.29 is 4.39 Å². The third-order valence-corrected chi connectivity index (χ3v) is 1.19. The minimum atomic E-state index is -0.467. The third kappa shape index (κ3) is 2.84. The molecule has 0 fully saturated rings. The van der Waals surface area contributed by atoms with Crippen LogP contribution in [-0.4, -0.2) is 16.5 Å². The average Bonchev–Trinajstić information content (AvgIpc) is 2.03. The van der Waals surface area contributed by atoms with Crippen LogP contribution >= 0.6 is 11.6 Å². The van der Waals surface area contributed by atoms with Crippen molar-refractivity contribution >= 4 is 17.5 Å². The van der Waals surface area contributed by atoms with E-state index in [1.54, 1.807) is 0 Å². The molecule has 12 heavy (non-hydrogen) atoms. The van der Waals surface area contributed by atoms with Gasteiger partial charge in [-0.15, -0.1) is 0 Å². The molecule has 3 nitrogen and oxygen atoms in total. The Morgan fingerprint density at radius 3 is 2.67 bits per heavy atom. The van der Waals surface area contributed by atoms with Gasteiger partial charge in [-0.25, -0.2) is 14.4 Å². The Morgan fingerprint density at radius 1 is 1.58 bits per heavy atom. The van der Waals surface area contributed by atoms with Crippen molar-refractivity contribution in [3.63, 3.8) is 0 Å². The molecule has 5 heteroatoms. The van der Waals surface area contributed by atoms with Crippen molar-refractivity contribution in [1.82, 2.24) is 9.97 Å². The maximum Gasteiger partial charge on any atom is 0.223 e. The van der Waals surface area contributed by atoms with Gasteiger partial charge in [0.1, 0.15) is 0 Å². The van der Waals surface area contributed by atoms with Crippen molar-refractivity contribution in [2.24, 2.45) is 0 Å². The molecule has 0 saturated carbocycles. The molecule has 0 radical (unpaired) electrons. The molecule has 1 rings (SSSR count). The molecular formula is C7H7ClFN3. The standard InChI is InChI=1S/C7H7ClFN3/c1-5(8)2-10-7-11-3-6(9)4-12-7/h3-4H,1-2H2,(H,10,11,12). The molecule has 0 aliphatic rings. The van der Waals surface area contributed by atoms with E-state index in [4.69, 9.17) is 11.6 Å². The third-order valence-electron chi connectivity index (χ3n) is 1.06. The molecule has 0 atom stereocenters. The molecule has 1 aromatic rings. The van der Waals surface area contributed by atoms with Crippen LogP contribution < -0.4 is 5.32 Å². The van der Waals surface area contributed by atoms with E-state index in [1.807, 2.05) is 0 Å². The van der Waals surface area contributed by atoms with Gasteiger partial charge in [0.2, 0.25) is 5.95 Å². The van der Waals surface area contributed by atoms with E-state index in [-0.39, 0.29) is 0 Å². The zero-order valence-electron chi connectivity index (χ0n) is 6.22. The monoisotopic (exact) mass is 187 g/mol. The Bertz CT molecular complexity index is 272. The molecule has 0 saturated heterocycles. The van der Waals surface area contributed by atoms with Gasteiger partial charge in [0, 0.05) is 5.03 Å². The molecule has 64 valence electrons.